The molecule has 0 heterocycles. The molecule has 2 rings (SSSR count). The van der Waals surface area contributed by atoms with Crippen LogP contribution >= 0.6 is 24.8 Å². The van der Waals surface area contributed by atoms with Crippen molar-refractivity contribution in [2.75, 3.05) is 0 Å². The van der Waals surface area contributed by atoms with Gasteiger partial charge in [0.05, 0.1) is 0 Å². The molecule has 2 saturated carbocycles. The van der Waals surface area contributed by atoms with Crippen LogP contribution in [0.25, 0.3) is 0 Å². The zero-order valence-corrected chi connectivity index (χ0v) is 8.74. The van der Waals surface area contributed by atoms with Crippen molar-refractivity contribution in [2.24, 2.45) is 23.3 Å². The van der Waals surface area contributed by atoms with E-state index in [2.05, 4.69) is 0 Å². The third-order valence-corrected chi connectivity index (χ3v) is 2.78. The van der Waals surface area contributed by atoms with Gasteiger partial charge in [-0.1, -0.05) is 0 Å². The molecule has 4 N–H and O–H groups in total. The highest BCUT2D eigenvalue weighted by atomic mass is 35.5. The number of rotatable bonds is 3. The van der Waals surface area contributed by atoms with Crippen LogP contribution in [0, 0.1) is 11.8 Å². The Labute approximate surface area is 86.3 Å². The van der Waals surface area contributed by atoms with E-state index in [9.17, 15) is 0 Å². The molecule has 0 spiro atoms. The van der Waals surface area contributed by atoms with Gasteiger partial charge in [-0.15, -0.1) is 24.8 Å². The van der Waals surface area contributed by atoms with E-state index in [0.29, 0.717) is 12.1 Å². The summed E-state index contributed by atoms with van der Waals surface area (Å²) in [4.78, 5) is 0. The molecule has 12 heavy (non-hydrogen) atoms. The summed E-state index contributed by atoms with van der Waals surface area (Å²) >= 11 is 0. The van der Waals surface area contributed by atoms with Crippen LogP contribution in [-0.2, 0) is 0 Å². The first-order valence-electron chi connectivity index (χ1n) is 4.30. The molecule has 0 radical (unpaired) electrons. The number of halogens is 2. The Morgan fingerprint density at radius 1 is 0.750 bits per heavy atom. The molecule has 0 aromatic carbocycles. The fourth-order valence-electron chi connectivity index (χ4n) is 1.59. The Kier molecular flexibility index (Phi) is 4.85. The minimum atomic E-state index is 0. The fourth-order valence-corrected chi connectivity index (χ4v) is 1.59. The second-order valence-corrected chi connectivity index (χ2v) is 3.83. The van der Waals surface area contributed by atoms with E-state index in [1.54, 1.807) is 0 Å². The summed E-state index contributed by atoms with van der Waals surface area (Å²) in [6.07, 6.45) is 5.28. The van der Waals surface area contributed by atoms with Crippen LogP contribution in [0.2, 0.25) is 0 Å². The van der Waals surface area contributed by atoms with Crippen LogP contribution in [0.1, 0.15) is 25.7 Å². The van der Waals surface area contributed by atoms with Crippen molar-refractivity contribution in [1.29, 1.82) is 0 Å². The Morgan fingerprint density at radius 2 is 1.00 bits per heavy atom. The van der Waals surface area contributed by atoms with Gasteiger partial charge in [0, 0.05) is 12.1 Å². The Morgan fingerprint density at radius 3 is 1.17 bits per heavy atom. The zero-order valence-electron chi connectivity index (χ0n) is 7.11. The van der Waals surface area contributed by atoms with Crippen LogP contribution in [0.3, 0.4) is 0 Å². The molecule has 0 aromatic rings. The molecule has 0 saturated heterocycles. The van der Waals surface area contributed by atoms with E-state index in [1.165, 1.54) is 25.7 Å². The third kappa shape index (κ3) is 2.77. The first kappa shape index (κ1) is 12.5. The molecule has 2 aliphatic carbocycles. The summed E-state index contributed by atoms with van der Waals surface area (Å²) < 4.78 is 0. The van der Waals surface area contributed by atoms with E-state index >= 15 is 0 Å². The van der Waals surface area contributed by atoms with Gasteiger partial charge >= 0.3 is 0 Å². The highest BCUT2D eigenvalue weighted by Gasteiger charge is 2.39. The van der Waals surface area contributed by atoms with Crippen molar-refractivity contribution in [2.45, 2.75) is 37.8 Å². The molecule has 0 bridgehead atoms. The average Bonchev–Trinajstić information content (AvgIpc) is 2.73. The van der Waals surface area contributed by atoms with Crippen LogP contribution in [0.4, 0.5) is 0 Å². The topological polar surface area (TPSA) is 52.0 Å². The Hall–Kier alpha value is 0.500. The van der Waals surface area contributed by atoms with Crippen molar-refractivity contribution in [3.8, 4) is 0 Å². The number of hydrogen-bond donors (Lipinski definition) is 2. The van der Waals surface area contributed by atoms with Gasteiger partial charge in [0.15, 0.2) is 0 Å². The van der Waals surface area contributed by atoms with E-state index in [-0.39, 0.29) is 24.8 Å². The van der Waals surface area contributed by atoms with Crippen molar-refractivity contribution < 1.29 is 0 Å². The molecule has 2 unspecified atom stereocenters. The summed E-state index contributed by atoms with van der Waals surface area (Å²) in [7, 11) is 0. The van der Waals surface area contributed by atoms with Gasteiger partial charge in [-0.05, 0) is 37.5 Å². The molecular formula is C8H18Cl2N2. The maximum Gasteiger partial charge on any atom is 0.0223 e. The largest absolute Gasteiger partial charge is 0.326 e. The lowest BCUT2D eigenvalue weighted by atomic mass is 10.0. The van der Waals surface area contributed by atoms with Gasteiger partial charge in [-0.2, -0.15) is 0 Å². The monoisotopic (exact) mass is 212 g/mol. The molecule has 74 valence electrons. The second kappa shape index (κ2) is 4.66. The van der Waals surface area contributed by atoms with Gasteiger partial charge < -0.3 is 11.5 Å². The first-order valence-corrected chi connectivity index (χ1v) is 4.30. The standard InChI is InChI=1S/C8H16N2.2ClH/c9-7(5-1-2-5)8(10)6-3-4-6;;/h5-8H,1-4,9-10H2;2*1H. The second-order valence-electron chi connectivity index (χ2n) is 3.83. The normalized spacial score (nSPS) is 26.5. The molecule has 4 heteroatoms. The lowest BCUT2D eigenvalue weighted by molar-refractivity contribution is 0.439. The van der Waals surface area contributed by atoms with Crippen molar-refractivity contribution in [3.05, 3.63) is 0 Å². The molecule has 0 aromatic heterocycles. The van der Waals surface area contributed by atoms with Gasteiger partial charge in [0.25, 0.3) is 0 Å². The Balaban J connectivity index is 0.000000605. The minimum absolute atomic E-state index is 0. The SMILES string of the molecule is Cl.Cl.NC(C1CC1)C(N)C1CC1. The highest BCUT2D eigenvalue weighted by molar-refractivity contribution is 5.85. The zero-order chi connectivity index (χ0) is 7.14. The third-order valence-electron chi connectivity index (χ3n) is 2.78. The predicted molar refractivity (Wildman–Crippen MR) is 55.9 cm³/mol. The highest BCUT2D eigenvalue weighted by Crippen LogP contribution is 2.39. The van der Waals surface area contributed by atoms with E-state index in [1.807, 2.05) is 0 Å². The molecular weight excluding hydrogens is 195 g/mol. The van der Waals surface area contributed by atoms with E-state index < -0.39 is 0 Å². The van der Waals surface area contributed by atoms with Gasteiger partial charge in [-0.25, -0.2) is 0 Å². The van der Waals surface area contributed by atoms with Crippen molar-refractivity contribution in [3.63, 3.8) is 0 Å². The smallest absolute Gasteiger partial charge is 0.0223 e. The summed E-state index contributed by atoms with van der Waals surface area (Å²) in [6.45, 7) is 0. The van der Waals surface area contributed by atoms with Gasteiger partial charge in [-0.3, -0.25) is 0 Å². The summed E-state index contributed by atoms with van der Waals surface area (Å²) in [5, 5.41) is 0. The summed E-state index contributed by atoms with van der Waals surface area (Å²) in [5.41, 5.74) is 11.9. The average molecular weight is 213 g/mol. The van der Waals surface area contributed by atoms with Gasteiger partial charge in [0.1, 0.15) is 0 Å². The lowest BCUT2D eigenvalue weighted by Gasteiger charge is -2.18. The van der Waals surface area contributed by atoms with Crippen LogP contribution in [0.5, 0.6) is 0 Å². The quantitative estimate of drug-likeness (QED) is 0.742. The minimum Gasteiger partial charge on any atom is -0.326 e. The number of nitrogens with two attached hydrogens (primary N) is 2. The van der Waals surface area contributed by atoms with Crippen LogP contribution in [-0.4, -0.2) is 12.1 Å². The maximum atomic E-state index is 5.94. The molecule has 2 fully saturated rings. The maximum absolute atomic E-state index is 5.94. The van der Waals surface area contributed by atoms with Gasteiger partial charge in [0.2, 0.25) is 0 Å². The molecule has 0 aliphatic heterocycles. The first-order chi connectivity index (χ1) is 4.79. The Bertz CT molecular complexity index is 119. The predicted octanol–water partition coefficient (Wildman–Crippen LogP) is 1.30. The molecule has 2 nitrogen and oxygen atoms in total. The molecule has 2 atom stereocenters. The van der Waals surface area contributed by atoms with Crippen molar-refractivity contribution >= 4 is 24.8 Å². The van der Waals surface area contributed by atoms with Crippen molar-refractivity contribution in [1.82, 2.24) is 0 Å². The van der Waals surface area contributed by atoms with Crippen LogP contribution in [0.15, 0.2) is 0 Å². The fraction of sp³-hybridized carbons (Fsp3) is 1.00. The van der Waals surface area contributed by atoms with Crippen LogP contribution < -0.4 is 11.5 Å². The number of hydrogen-bond acceptors (Lipinski definition) is 2. The summed E-state index contributed by atoms with van der Waals surface area (Å²) in [5.74, 6) is 1.55. The lowest BCUT2D eigenvalue weighted by Crippen LogP contribution is -2.44. The van der Waals surface area contributed by atoms with E-state index in [4.69, 9.17) is 11.5 Å². The molecule has 2 aliphatic rings. The molecule has 0 amide bonds. The summed E-state index contributed by atoms with van der Waals surface area (Å²) in [6, 6.07) is 0.625. The van der Waals surface area contributed by atoms with E-state index in [0.717, 1.165) is 11.8 Å².